The molecular weight excluding hydrogens is 210 g/mol. The number of hydrogen-bond donors (Lipinski definition) is 2. The van der Waals surface area contributed by atoms with E-state index in [-0.39, 0.29) is 6.61 Å². The number of nitrogens with two attached hydrogens (primary N) is 1. The van der Waals surface area contributed by atoms with Gasteiger partial charge in [0, 0.05) is 29.2 Å². The maximum atomic E-state index is 9.15. The number of thiazole rings is 1. The molecule has 82 valence electrons. The third-order valence-corrected chi connectivity index (χ3v) is 3.25. The van der Waals surface area contributed by atoms with Gasteiger partial charge in [0.1, 0.15) is 0 Å². The Bertz CT molecular complexity index is 472. The van der Waals surface area contributed by atoms with Crippen molar-refractivity contribution in [1.82, 2.24) is 9.38 Å². The Balaban J connectivity index is 2.42. The second kappa shape index (κ2) is 3.59. The zero-order valence-corrected chi connectivity index (χ0v) is 9.71. The molecule has 3 N–H and O–H groups in total. The number of fused-ring (bicyclic) bond motifs is 1. The lowest BCUT2D eigenvalue weighted by Gasteiger charge is -2.21. The Hall–Kier alpha value is -0.910. The molecule has 2 aromatic rings. The first kappa shape index (κ1) is 10.6. The van der Waals surface area contributed by atoms with Gasteiger partial charge in [0.15, 0.2) is 4.96 Å². The molecule has 4 nitrogen and oxygen atoms in total. The van der Waals surface area contributed by atoms with Gasteiger partial charge in [-0.1, -0.05) is 0 Å². The zero-order chi connectivity index (χ0) is 11.1. The Morgan fingerprint density at radius 3 is 3.07 bits per heavy atom. The Kier molecular flexibility index (Phi) is 2.54. The minimum absolute atomic E-state index is 0.0240. The fourth-order valence-corrected chi connectivity index (χ4v) is 2.37. The van der Waals surface area contributed by atoms with Gasteiger partial charge in [-0.2, -0.15) is 0 Å². The molecule has 0 aliphatic rings. The predicted octanol–water partition coefficient (Wildman–Crippen LogP) is 0.956. The summed E-state index contributed by atoms with van der Waals surface area (Å²) in [5.74, 6) is 0. The first-order chi connectivity index (χ1) is 7.03. The standard InChI is InChI=1S/C10H15N3OS/c1-7-8(5-10(2,11)6-14)13-3-4-15-9(13)12-7/h3-4,14H,5-6,11H2,1-2H3. The highest BCUT2D eigenvalue weighted by atomic mass is 32.1. The monoisotopic (exact) mass is 225 g/mol. The maximum absolute atomic E-state index is 9.15. The van der Waals surface area contributed by atoms with Crippen LogP contribution >= 0.6 is 11.3 Å². The lowest BCUT2D eigenvalue weighted by molar-refractivity contribution is 0.207. The lowest BCUT2D eigenvalue weighted by Crippen LogP contribution is -2.42. The molecule has 2 aromatic heterocycles. The minimum Gasteiger partial charge on any atom is -0.394 e. The van der Waals surface area contributed by atoms with Crippen molar-refractivity contribution in [3.8, 4) is 0 Å². The summed E-state index contributed by atoms with van der Waals surface area (Å²) in [7, 11) is 0. The van der Waals surface area contributed by atoms with Crippen molar-refractivity contribution < 1.29 is 5.11 Å². The molecule has 0 saturated heterocycles. The van der Waals surface area contributed by atoms with Crippen LogP contribution in [0, 0.1) is 6.92 Å². The van der Waals surface area contributed by atoms with E-state index < -0.39 is 5.54 Å². The molecule has 0 aromatic carbocycles. The van der Waals surface area contributed by atoms with Gasteiger partial charge in [-0.25, -0.2) is 4.98 Å². The molecule has 0 aliphatic heterocycles. The number of aryl methyl sites for hydroxylation is 1. The summed E-state index contributed by atoms with van der Waals surface area (Å²) in [6.07, 6.45) is 2.62. The van der Waals surface area contributed by atoms with Crippen molar-refractivity contribution in [1.29, 1.82) is 0 Å². The highest BCUT2D eigenvalue weighted by Crippen LogP contribution is 2.20. The first-order valence-corrected chi connectivity index (χ1v) is 5.72. The molecule has 0 amide bonds. The molecule has 2 heterocycles. The molecule has 0 bridgehead atoms. The fourth-order valence-electron chi connectivity index (χ4n) is 1.59. The summed E-state index contributed by atoms with van der Waals surface area (Å²) in [6, 6.07) is 0. The van der Waals surface area contributed by atoms with Crippen LogP contribution in [0.3, 0.4) is 0 Å². The summed E-state index contributed by atoms with van der Waals surface area (Å²) in [5.41, 5.74) is 7.45. The highest BCUT2D eigenvalue weighted by molar-refractivity contribution is 7.15. The second-order valence-corrected chi connectivity index (χ2v) is 5.06. The molecule has 0 aliphatic carbocycles. The maximum Gasteiger partial charge on any atom is 0.194 e. The summed E-state index contributed by atoms with van der Waals surface area (Å²) in [6.45, 7) is 3.80. The van der Waals surface area contributed by atoms with Gasteiger partial charge in [-0.3, -0.25) is 4.40 Å². The van der Waals surface area contributed by atoms with E-state index >= 15 is 0 Å². The molecule has 0 radical (unpaired) electrons. The van der Waals surface area contributed by atoms with Crippen molar-refractivity contribution in [2.24, 2.45) is 5.73 Å². The van der Waals surface area contributed by atoms with Crippen LogP contribution in [0.25, 0.3) is 4.96 Å². The number of aliphatic hydroxyl groups excluding tert-OH is 1. The third kappa shape index (κ3) is 1.90. The fraction of sp³-hybridized carbons (Fsp3) is 0.500. The summed E-state index contributed by atoms with van der Waals surface area (Å²) >= 11 is 1.60. The van der Waals surface area contributed by atoms with Crippen molar-refractivity contribution in [2.45, 2.75) is 25.8 Å². The summed E-state index contributed by atoms with van der Waals surface area (Å²) < 4.78 is 2.04. The van der Waals surface area contributed by atoms with Crippen LogP contribution in [0.4, 0.5) is 0 Å². The van der Waals surface area contributed by atoms with Gasteiger partial charge in [0.25, 0.3) is 0 Å². The summed E-state index contributed by atoms with van der Waals surface area (Å²) in [4.78, 5) is 5.42. The van der Waals surface area contributed by atoms with Gasteiger partial charge >= 0.3 is 0 Å². The van der Waals surface area contributed by atoms with E-state index in [2.05, 4.69) is 4.98 Å². The number of imidazole rings is 1. The average Bonchev–Trinajstić information content (AvgIpc) is 2.71. The number of aliphatic hydroxyl groups is 1. The van der Waals surface area contributed by atoms with E-state index in [1.165, 1.54) is 0 Å². The normalized spacial score (nSPS) is 15.7. The zero-order valence-electron chi connectivity index (χ0n) is 8.90. The smallest absolute Gasteiger partial charge is 0.194 e. The van der Waals surface area contributed by atoms with Crippen LogP contribution in [0.2, 0.25) is 0 Å². The quantitative estimate of drug-likeness (QED) is 0.817. The lowest BCUT2D eigenvalue weighted by atomic mass is 9.97. The predicted molar refractivity (Wildman–Crippen MR) is 61.2 cm³/mol. The van der Waals surface area contributed by atoms with Crippen LogP contribution in [-0.4, -0.2) is 26.6 Å². The van der Waals surface area contributed by atoms with Gasteiger partial charge in [0.2, 0.25) is 0 Å². The Labute approximate surface area is 92.4 Å². The summed E-state index contributed by atoms with van der Waals surface area (Å²) in [5, 5.41) is 11.2. The van der Waals surface area contributed by atoms with Gasteiger partial charge in [-0.15, -0.1) is 11.3 Å². The molecule has 0 fully saturated rings. The first-order valence-electron chi connectivity index (χ1n) is 4.84. The average molecular weight is 225 g/mol. The third-order valence-electron chi connectivity index (χ3n) is 2.49. The van der Waals surface area contributed by atoms with E-state index in [1.807, 2.05) is 29.8 Å². The van der Waals surface area contributed by atoms with Crippen LogP contribution in [0.15, 0.2) is 11.6 Å². The van der Waals surface area contributed by atoms with Crippen molar-refractivity contribution in [3.63, 3.8) is 0 Å². The largest absolute Gasteiger partial charge is 0.394 e. The second-order valence-electron chi connectivity index (χ2n) is 4.19. The van der Waals surface area contributed by atoms with Crippen molar-refractivity contribution in [3.05, 3.63) is 23.0 Å². The molecule has 1 atom stereocenters. The number of aromatic nitrogens is 2. The van der Waals surface area contributed by atoms with E-state index in [1.54, 1.807) is 11.3 Å². The van der Waals surface area contributed by atoms with Crippen molar-refractivity contribution in [2.75, 3.05) is 6.61 Å². The van der Waals surface area contributed by atoms with E-state index in [4.69, 9.17) is 10.8 Å². The van der Waals surface area contributed by atoms with Crippen LogP contribution < -0.4 is 5.73 Å². The van der Waals surface area contributed by atoms with E-state index in [9.17, 15) is 0 Å². The number of hydrogen-bond acceptors (Lipinski definition) is 4. The molecule has 15 heavy (non-hydrogen) atoms. The van der Waals surface area contributed by atoms with Gasteiger partial charge in [-0.05, 0) is 13.8 Å². The molecular formula is C10H15N3OS. The topological polar surface area (TPSA) is 63.5 Å². The van der Waals surface area contributed by atoms with E-state index in [0.29, 0.717) is 6.42 Å². The minimum atomic E-state index is -0.581. The molecule has 0 saturated carbocycles. The number of nitrogens with zero attached hydrogens (tertiary/aromatic N) is 2. The molecule has 0 spiro atoms. The Morgan fingerprint density at radius 1 is 1.67 bits per heavy atom. The van der Waals surface area contributed by atoms with Gasteiger partial charge < -0.3 is 10.8 Å². The highest BCUT2D eigenvalue weighted by Gasteiger charge is 2.22. The molecule has 1 unspecified atom stereocenters. The SMILES string of the molecule is Cc1nc2sccn2c1CC(C)(N)CO. The van der Waals surface area contributed by atoms with Crippen LogP contribution in [0.1, 0.15) is 18.3 Å². The van der Waals surface area contributed by atoms with Crippen molar-refractivity contribution >= 4 is 16.3 Å². The number of rotatable bonds is 3. The molecule has 5 heteroatoms. The van der Waals surface area contributed by atoms with Gasteiger partial charge in [0.05, 0.1) is 12.3 Å². The Morgan fingerprint density at radius 2 is 2.40 bits per heavy atom. The van der Waals surface area contributed by atoms with Crippen LogP contribution in [0.5, 0.6) is 0 Å². The van der Waals surface area contributed by atoms with Crippen LogP contribution in [-0.2, 0) is 6.42 Å². The van der Waals surface area contributed by atoms with E-state index in [0.717, 1.165) is 16.3 Å². The molecule has 2 rings (SSSR count).